The zero-order chi connectivity index (χ0) is 26.5. The fourth-order valence-electron chi connectivity index (χ4n) is 4.43. The van der Waals surface area contributed by atoms with Gasteiger partial charge in [0.25, 0.3) is 5.56 Å². The number of hydrogen-bond donors (Lipinski definition) is 2. The molecule has 0 spiro atoms. The SMILES string of the molecule is C[C@H](NCCc1ccc(-n2c(N)c(C(=O)c3ccc(F)cc3F)ccc2=O)cc1)C(=O)OC1CCCC1. The molecule has 0 amide bonds. The van der Waals surface area contributed by atoms with Crippen LogP contribution in [0, 0.1) is 11.6 Å². The number of aromatic nitrogens is 1. The van der Waals surface area contributed by atoms with E-state index in [0.29, 0.717) is 24.7 Å². The monoisotopic (exact) mass is 509 g/mol. The number of carbonyl (C=O) groups is 2. The molecule has 1 heterocycles. The molecule has 1 atom stereocenters. The minimum Gasteiger partial charge on any atom is -0.461 e. The molecule has 0 bridgehead atoms. The van der Waals surface area contributed by atoms with Gasteiger partial charge in [0.2, 0.25) is 0 Å². The first kappa shape index (κ1) is 26.2. The molecule has 4 rings (SSSR count). The van der Waals surface area contributed by atoms with Crippen LogP contribution in [0.25, 0.3) is 5.69 Å². The van der Waals surface area contributed by atoms with Crippen molar-refractivity contribution in [3.8, 4) is 5.69 Å². The van der Waals surface area contributed by atoms with Crippen molar-refractivity contribution in [2.45, 2.75) is 51.2 Å². The Bertz CT molecular complexity index is 1350. The summed E-state index contributed by atoms with van der Waals surface area (Å²) < 4.78 is 34.1. The van der Waals surface area contributed by atoms with E-state index in [0.717, 1.165) is 47.9 Å². The number of pyridine rings is 1. The molecule has 194 valence electrons. The number of hydrogen-bond acceptors (Lipinski definition) is 6. The molecule has 3 N–H and O–H groups in total. The number of nitrogens with zero attached hydrogens (tertiary/aromatic N) is 1. The van der Waals surface area contributed by atoms with Gasteiger partial charge in [-0.1, -0.05) is 12.1 Å². The minimum atomic E-state index is -1.01. The Morgan fingerprint density at radius 2 is 1.73 bits per heavy atom. The molecule has 7 nitrogen and oxygen atoms in total. The average molecular weight is 510 g/mol. The van der Waals surface area contributed by atoms with Crippen molar-refractivity contribution < 1.29 is 23.1 Å². The number of nitrogen functional groups attached to an aromatic ring is 1. The van der Waals surface area contributed by atoms with E-state index in [9.17, 15) is 23.2 Å². The number of ketones is 1. The highest BCUT2D eigenvalue weighted by Gasteiger charge is 2.23. The van der Waals surface area contributed by atoms with E-state index >= 15 is 0 Å². The topological polar surface area (TPSA) is 103 Å². The van der Waals surface area contributed by atoms with Crippen LogP contribution in [0.5, 0.6) is 0 Å². The van der Waals surface area contributed by atoms with Gasteiger partial charge in [0.15, 0.2) is 5.78 Å². The van der Waals surface area contributed by atoms with Crippen LogP contribution in [0.15, 0.2) is 59.4 Å². The Hall–Kier alpha value is -3.85. The van der Waals surface area contributed by atoms with E-state index in [1.54, 1.807) is 19.1 Å². The van der Waals surface area contributed by atoms with Crippen molar-refractivity contribution >= 4 is 17.6 Å². The number of ether oxygens (including phenoxy) is 1. The van der Waals surface area contributed by atoms with Crippen LogP contribution in [0.4, 0.5) is 14.6 Å². The molecule has 2 aromatic carbocycles. The fourth-order valence-corrected chi connectivity index (χ4v) is 4.43. The molecular formula is C28H29F2N3O4. The van der Waals surface area contributed by atoms with Crippen molar-refractivity contribution in [3.63, 3.8) is 0 Å². The zero-order valence-electron chi connectivity index (χ0n) is 20.5. The number of carbonyl (C=O) groups excluding carboxylic acids is 2. The summed E-state index contributed by atoms with van der Waals surface area (Å²) in [5.41, 5.74) is 6.68. The highest BCUT2D eigenvalue weighted by atomic mass is 19.1. The number of rotatable bonds is 9. The lowest BCUT2D eigenvalue weighted by atomic mass is 10.0. The molecule has 1 aliphatic carbocycles. The van der Waals surface area contributed by atoms with E-state index in [1.165, 1.54) is 12.1 Å². The summed E-state index contributed by atoms with van der Waals surface area (Å²) in [7, 11) is 0. The number of nitrogens with two attached hydrogens (primary N) is 1. The van der Waals surface area contributed by atoms with Crippen LogP contribution >= 0.6 is 0 Å². The van der Waals surface area contributed by atoms with Crippen LogP contribution in [-0.4, -0.2) is 35.0 Å². The maximum atomic E-state index is 14.2. The van der Waals surface area contributed by atoms with E-state index < -0.39 is 29.0 Å². The summed E-state index contributed by atoms with van der Waals surface area (Å²) in [6, 6.07) is 11.7. The predicted octanol–water partition coefficient (Wildman–Crippen LogP) is 3.94. The van der Waals surface area contributed by atoms with Crippen molar-refractivity contribution in [1.82, 2.24) is 9.88 Å². The third-order valence-electron chi connectivity index (χ3n) is 6.55. The van der Waals surface area contributed by atoms with Crippen LogP contribution < -0.4 is 16.6 Å². The van der Waals surface area contributed by atoms with Gasteiger partial charge in [-0.05, 0) is 81.5 Å². The Kier molecular flexibility index (Phi) is 8.13. The number of halogens is 2. The average Bonchev–Trinajstić information content (AvgIpc) is 3.37. The molecule has 1 saturated carbocycles. The van der Waals surface area contributed by atoms with E-state index in [2.05, 4.69) is 5.32 Å². The molecule has 0 radical (unpaired) electrons. The van der Waals surface area contributed by atoms with Gasteiger partial charge in [-0.2, -0.15) is 0 Å². The standard InChI is InChI=1S/C28H29F2N3O4/c1-17(28(36)37-21-4-2-3-5-21)32-15-14-18-6-9-20(10-7-18)33-25(34)13-12-23(27(33)31)26(35)22-11-8-19(29)16-24(22)30/h6-13,16-17,21,32H,2-5,14-15,31H2,1H3/t17-/m0/s1. The summed E-state index contributed by atoms with van der Waals surface area (Å²) in [5, 5.41) is 3.17. The van der Waals surface area contributed by atoms with Gasteiger partial charge >= 0.3 is 5.97 Å². The normalized spacial score (nSPS) is 14.5. The molecule has 0 aliphatic heterocycles. The van der Waals surface area contributed by atoms with Crippen molar-refractivity contribution in [2.24, 2.45) is 0 Å². The molecule has 1 fully saturated rings. The highest BCUT2D eigenvalue weighted by molar-refractivity contribution is 6.11. The third kappa shape index (κ3) is 6.11. The van der Waals surface area contributed by atoms with Crippen LogP contribution in [0.1, 0.15) is 54.1 Å². The Morgan fingerprint density at radius 1 is 1.05 bits per heavy atom. The lowest BCUT2D eigenvalue weighted by Gasteiger charge is -2.17. The maximum absolute atomic E-state index is 14.2. The first-order valence-corrected chi connectivity index (χ1v) is 12.3. The van der Waals surface area contributed by atoms with Gasteiger partial charge in [0.05, 0.1) is 16.8 Å². The quantitative estimate of drug-likeness (QED) is 0.335. The van der Waals surface area contributed by atoms with Gasteiger partial charge < -0.3 is 15.8 Å². The predicted molar refractivity (Wildman–Crippen MR) is 136 cm³/mol. The fraction of sp³-hybridized carbons (Fsp3) is 0.321. The van der Waals surface area contributed by atoms with Crippen LogP contribution in [-0.2, 0) is 16.0 Å². The lowest BCUT2D eigenvalue weighted by molar-refractivity contribution is -0.150. The largest absolute Gasteiger partial charge is 0.461 e. The first-order valence-electron chi connectivity index (χ1n) is 12.3. The zero-order valence-corrected chi connectivity index (χ0v) is 20.5. The summed E-state index contributed by atoms with van der Waals surface area (Å²) in [6.07, 6.45) is 4.72. The Balaban J connectivity index is 1.43. The van der Waals surface area contributed by atoms with Gasteiger partial charge in [-0.25, -0.2) is 8.78 Å². The van der Waals surface area contributed by atoms with E-state index in [4.69, 9.17) is 10.5 Å². The Labute approximate surface area is 213 Å². The van der Waals surface area contributed by atoms with Gasteiger partial charge in [0.1, 0.15) is 29.6 Å². The molecule has 0 saturated heterocycles. The summed E-state index contributed by atoms with van der Waals surface area (Å²) in [6.45, 7) is 2.33. The van der Waals surface area contributed by atoms with Gasteiger partial charge in [-0.3, -0.25) is 19.0 Å². The van der Waals surface area contributed by atoms with Crippen molar-refractivity contribution in [2.75, 3.05) is 12.3 Å². The number of benzene rings is 2. The van der Waals surface area contributed by atoms with Crippen molar-refractivity contribution in [3.05, 3.63) is 93.3 Å². The second kappa shape index (κ2) is 11.5. The summed E-state index contributed by atoms with van der Waals surface area (Å²) in [5.74, 6) is -2.97. The Morgan fingerprint density at radius 3 is 2.41 bits per heavy atom. The molecular weight excluding hydrogens is 480 g/mol. The highest BCUT2D eigenvalue weighted by Crippen LogP contribution is 2.22. The molecule has 3 aromatic rings. The van der Waals surface area contributed by atoms with Crippen LogP contribution in [0.3, 0.4) is 0 Å². The number of esters is 1. The van der Waals surface area contributed by atoms with Gasteiger partial charge in [-0.15, -0.1) is 0 Å². The van der Waals surface area contributed by atoms with E-state index in [-0.39, 0.29) is 29.0 Å². The number of nitrogens with one attached hydrogen (secondary N) is 1. The van der Waals surface area contributed by atoms with Crippen LogP contribution in [0.2, 0.25) is 0 Å². The van der Waals surface area contributed by atoms with Gasteiger partial charge in [0, 0.05) is 12.1 Å². The summed E-state index contributed by atoms with van der Waals surface area (Å²) >= 11 is 0. The lowest BCUT2D eigenvalue weighted by Crippen LogP contribution is -2.38. The van der Waals surface area contributed by atoms with E-state index in [1.807, 2.05) is 12.1 Å². The molecule has 1 aliphatic rings. The third-order valence-corrected chi connectivity index (χ3v) is 6.55. The second-order valence-electron chi connectivity index (χ2n) is 9.19. The first-order chi connectivity index (χ1) is 17.7. The molecule has 0 unspecified atom stereocenters. The molecule has 9 heteroatoms. The molecule has 37 heavy (non-hydrogen) atoms. The molecule has 1 aromatic heterocycles. The van der Waals surface area contributed by atoms with Crippen molar-refractivity contribution in [1.29, 1.82) is 0 Å². The number of anilines is 1. The second-order valence-corrected chi connectivity index (χ2v) is 9.19. The smallest absolute Gasteiger partial charge is 0.323 e. The summed E-state index contributed by atoms with van der Waals surface area (Å²) in [4.78, 5) is 37.7. The maximum Gasteiger partial charge on any atom is 0.323 e. The minimum absolute atomic E-state index is 0.0312.